The smallest absolute Gasteiger partial charge is 0.227 e. The molecule has 1 N–H and O–H groups in total. The number of benzene rings is 1. The molecule has 0 spiro atoms. The third-order valence-electron chi connectivity index (χ3n) is 3.77. The summed E-state index contributed by atoms with van der Waals surface area (Å²) in [5.41, 5.74) is 0.948. The van der Waals surface area contributed by atoms with Crippen molar-refractivity contribution in [2.75, 3.05) is 26.2 Å². The summed E-state index contributed by atoms with van der Waals surface area (Å²) in [6, 6.07) is 6.63. The molecule has 1 unspecified atom stereocenters. The molecule has 110 valence electrons. The lowest BCUT2D eigenvalue weighted by atomic mass is 10.1. The van der Waals surface area contributed by atoms with Crippen molar-refractivity contribution in [2.24, 2.45) is 5.92 Å². The van der Waals surface area contributed by atoms with Crippen molar-refractivity contribution in [2.45, 2.75) is 26.2 Å². The molecule has 2 rings (SSSR count). The van der Waals surface area contributed by atoms with E-state index in [4.69, 9.17) is 0 Å². The summed E-state index contributed by atoms with van der Waals surface area (Å²) in [5, 5.41) is 3.23. The van der Waals surface area contributed by atoms with Gasteiger partial charge in [0, 0.05) is 19.6 Å². The van der Waals surface area contributed by atoms with Gasteiger partial charge in [-0.1, -0.05) is 19.1 Å². The normalized spacial score (nSPS) is 18.2. The SMILES string of the molecule is CCCN(CCc1cccc(F)c1)C(=O)C1CCNC1. The van der Waals surface area contributed by atoms with E-state index < -0.39 is 0 Å². The fourth-order valence-corrected chi connectivity index (χ4v) is 2.68. The van der Waals surface area contributed by atoms with Gasteiger partial charge in [-0.2, -0.15) is 0 Å². The topological polar surface area (TPSA) is 32.3 Å². The standard InChI is InChI=1S/C16H23FN2O/c1-2-9-19(16(20)14-6-8-18-12-14)10-7-13-4-3-5-15(17)11-13/h3-5,11,14,18H,2,6-10,12H2,1H3. The molecule has 1 heterocycles. The highest BCUT2D eigenvalue weighted by Gasteiger charge is 2.26. The van der Waals surface area contributed by atoms with Crippen molar-refractivity contribution in [1.82, 2.24) is 10.2 Å². The van der Waals surface area contributed by atoms with Crippen LogP contribution in [0, 0.1) is 11.7 Å². The number of nitrogens with zero attached hydrogens (tertiary/aromatic N) is 1. The fraction of sp³-hybridized carbons (Fsp3) is 0.562. The maximum absolute atomic E-state index is 13.2. The van der Waals surface area contributed by atoms with Gasteiger partial charge in [0.1, 0.15) is 5.82 Å². The van der Waals surface area contributed by atoms with Crippen LogP contribution in [0.4, 0.5) is 4.39 Å². The highest BCUT2D eigenvalue weighted by Crippen LogP contribution is 2.13. The van der Waals surface area contributed by atoms with Crippen molar-refractivity contribution in [3.05, 3.63) is 35.6 Å². The van der Waals surface area contributed by atoms with Crippen LogP contribution >= 0.6 is 0 Å². The monoisotopic (exact) mass is 278 g/mol. The van der Waals surface area contributed by atoms with Crippen LogP contribution in [-0.2, 0) is 11.2 Å². The van der Waals surface area contributed by atoms with Gasteiger partial charge in [-0.05, 0) is 43.5 Å². The summed E-state index contributed by atoms with van der Waals surface area (Å²) in [6.45, 7) is 5.26. The molecule has 1 aromatic rings. The quantitative estimate of drug-likeness (QED) is 0.865. The lowest BCUT2D eigenvalue weighted by Gasteiger charge is -2.25. The molecule has 1 fully saturated rings. The molecule has 1 aromatic carbocycles. The van der Waals surface area contributed by atoms with Gasteiger partial charge in [-0.3, -0.25) is 4.79 Å². The molecule has 0 aliphatic carbocycles. The Kier molecular flexibility index (Phi) is 5.53. The van der Waals surface area contributed by atoms with Crippen LogP contribution < -0.4 is 5.32 Å². The zero-order valence-electron chi connectivity index (χ0n) is 12.1. The van der Waals surface area contributed by atoms with Crippen molar-refractivity contribution >= 4 is 5.91 Å². The molecule has 20 heavy (non-hydrogen) atoms. The summed E-state index contributed by atoms with van der Waals surface area (Å²) >= 11 is 0. The van der Waals surface area contributed by atoms with Crippen LogP contribution in [0.1, 0.15) is 25.3 Å². The molecule has 1 aliphatic heterocycles. The van der Waals surface area contributed by atoms with E-state index in [0.29, 0.717) is 13.0 Å². The zero-order valence-corrected chi connectivity index (χ0v) is 12.1. The van der Waals surface area contributed by atoms with Crippen LogP contribution in [0.3, 0.4) is 0 Å². The van der Waals surface area contributed by atoms with Crippen molar-refractivity contribution in [3.8, 4) is 0 Å². The molecule has 0 saturated carbocycles. The fourth-order valence-electron chi connectivity index (χ4n) is 2.68. The Hall–Kier alpha value is -1.42. The molecule has 1 amide bonds. The molecular weight excluding hydrogens is 255 g/mol. The average Bonchev–Trinajstić information content (AvgIpc) is 2.97. The van der Waals surface area contributed by atoms with Gasteiger partial charge in [0.2, 0.25) is 5.91 Å². The number of halogens is 1. The minimum atomic E-state index is -0.212. The predicted molar refractivity (Wildman–Crippen MR) is 78.0 cm³/mol. The van der Waals surface area contributed by atoms with Gasteiger partial charge >= 0.3 is 0 Å². The minimum Gasteiger partial charge on any atom is -0.342 e. The number of carbonyl (C=O) groups excluding carboxylic acids is 1. The molecule has 0 radical (unpaired) electrons. The van der Waals surface area contributed by atoms with Gasteiger partial charge in [-0.25, -0.2) is 4.39 Å². The van der Waals surface area contributed by atoms with Crippen LogP contribution in [-0.4, -0.2) is 37.0 Å². The summed E-state index contributed by atoms with van der Waals surface area (Å²) in [4.78, 5) is 14.4. The molecule has 3 nitrogen and oxygen atoms in total. The Labute approximate surface area is 120 Å². The van der Waals surface area contributed by atoms with E-state index in [1.807, 2.05) is 11.0 Å². The first kappa shape index (κ1) is 15.0. The van der Waals surface area contributed by atoms with Gasteiger partial charge in [0.25, 0.3) is 0 Å². The van der Waals surface area contributed by atoms with E-state index in [-0.39, 0.29) is 17.6 Å². The average molecular weight is 278 g/mol. The van der Waals surface area contributed by atoms with Gasteiger partial charge in [0.15, 0.2) is 0 Å². The maximum Gasteiger partial charge on any atom is 0.227 e. The van der Waals surface area contributed by atoms with E-state index in [1.165, 1.54) is 6.07 Å². The Morgan fingerprint density at radius 2 is 2.30 bits per heavy atom. The first-order valence-corrected chi connectivity index (χ1v) is 7.44. The summed E-state index contributed by atoms with van der Waals surface area (Å²) in [5.74, 6) is 0.151. The molecule has 1 saturated heterocycles. The van der Waals surface area contributed by atoms with Gasteiger partial charge in [0.05, 0.1) is 5.92 Å². The van der Waals surface area contributed by atoms with Crippen molar-refractivity contribution < 1.29 is 9.18 Å². The molecule has 4 heteroatoms. The second-order valence-corrected chi connectivity index (χ2v) is 5.39. The number of hydrogen-bond acceptors (Lipinski definition) is 2. The highest BCUT2D eigenvalue weighted by molar-refractivity contribution is 5.79. The molecule has 0 aromatic heterocycles. The Morgan fingerprint density at radius 1 is 1.45 bits per heavy atom. The van der Waals surface area contributed by atoms with Crippen molar-refractivity contribution in [1.29, 1.82) is 0 Å². The van der Waals surface area contributed by atoms with Crippen LogP contribution in [0.15, 0.2) is 24.3 Å². The lowest BCUT2D eigenvalue weighted by Crippen LogP contribution is -2.38. The predicted octanol–water partition coefficient (Wildman–Crippen LogP) is 2.22. The number of amides is 1. The number of nitrogens with one attached hydrogen (secondary N) is 1. The Balaban J connectivity index is 1.93. The summed E-state index contributed by atoms with van der Waals surface area (Å²) < 4.78 is 13.2. The van der Waals surface area contributed by atoms with E-state index in [0.717, 1.165) is 38.0 Å². The minimum absolute atomic E-state index is 0.119. The third-order valence-corrected chi connectivity index (χ3v) is 3.77. The maximum atomic E-state index is 13.2. The summed E-state index contributed by atoms with van der Waals surface area (Å²) in [7, 11) is 0. The Bertz CT molecular complexity index is 444. The third kappa shape index (κ3) is 4.04. The van der Waals surface area contributed by atoms with E-state index in [1.54, 1.807) is 12.1 Å². The number of rotatable bonds is 6. The summed E-state index contributed by atoms with van der Waals surface area (Å²) in [6.07, 6.45) is 2.59. The zero-order chi connectivity index (χ0) is 14.4. The van der Waals surface area contributed by atoms with Crippen LogP contribution in [0.25, 0.3) is 0 Å². The van der Waals surface area contributed by atoms with Crippen LogP contribution in [0.2, 0.25) is 0 Å². The largest absolute Gasteiger partial charge is 0.342 e. The number of carbonyl (C=O) groups is 1. The van der Waals surface area contributed by atoms with Crippen LogP contribution in [0.5, 0.6) is 0 Å². The highest BCUT2D eigenvalue weighted by atomic mass is 19.1. The lowest BCUT2D eigenvalue weighted by molar-refractivity contribution is -0.134. The van der Waals surface area contributed by atoms with E-state index in [2.05, 4.69) is 12.2 Å². The van der Waals surface area contributed by atoms with Gasteiger partial charge in [-0.15, -0.1) is 0 Å². The van der Waals surface area contributed by atoms with Gasteiger partial charge < -0.3 is 10.2 Å². The van der Waals surface area contributed by atoms with E-state index in [9.17, 15) is 9.18 Å². The molecule has 0 bridgehead atoms. The molecular formula is C16H23FN2O. The molecule has 1 atom stereocenters. The Morgan fingerprint density at radius 3 is 2.95 bits per heavy atom. The second-order valence-electron chi connectivity index (χ2n) is 5.39. The molecule has 1 aliphatic rings. The van der Waals surface area contributed by atoms with E-state index >= 15 is 0 Å². The second kappa shape index (κ2) is 7.39. The number of hydrogen-bond donors (Lipinski definition) is 1. The first-order chi connectivity index (χ1) is 9.70. The van der Waals surface area contributed by atoms with Crippen molar-refractivity contribution in [3.63, 3.8) is 0 Å². The first-order valence-electron chi connectivity index (χ1n) is 7.44.